The van der Waals surface area contributed by atoms with Crippen LogP contribution in [0.5, 0.6) is 0 Å². The van der Waals surface area contributed by atoms with Gasteiger partial charge in [-0.05, 0) is 43.8 Å². The molecule has 94 valence electrons. The molecule has 1 aliphatic heterocycles. The number of benzene rings is 1. The van der Waals surface area contributed by atoms with Crippen LogP contribution in [0, 0.1) is 0 Å². The minimum atomic E-state index is 0.635. The zero-order chi connectivity index (χ0) is 12.3. The van der Waals surface area contributed by atoms with Crippen LogP contribution in [0.15, 0.2) is 28.0 Å². The van der Waals surface area contributed by atoms with Crippen LogP contribution < -0.4 is 10.6 Å². The smallest absolute Gasteiger partial charge is 0.0505 e. The molecule has 0 aliphatic carbocycles. The van der Waals surface area contributed by atoms with Gasteiger partial charge in [-0.15, -0.1) is 23.5 Å². The molecule has 1 aromatic carbocycles. The molecule has 0 radical (unpaired) electrons. The van der Waals surface area contributed by atoms with Gasteiger partial charge in [-0.1, -0.05) is 0 Å². The zero-order valence-electron chi connectivity index (χ0n) is 10.5. The number of anilines is 1. The second-order valence-electron chi connectivity index (χ2n) is 4.34. The molecular weight excluding hydrogens is 248 g/mol. The minimum absolute atomic E-state index is 0.635. The van der Waals surface area contributed by atoms with E-state index in [0.29, 0.717) is 6.04 Å². The summed E-state index contributed by atoms with van der Waals surface area (Å²) in [6.07, 6.45) is 4.44. The minimum Gasteiger partial charge on any atom is -0.370 e. The summed E-state index contributed by atoms with van der Waals surface area (Å²) in [5.74, 6) is 1.18. The van der Waals surface area contributed by atoms with Gasteiger partial charge in [-0.25, -0.2) is 0 Å². The Morgan fingerprint density at radius 2 is 2.35 bits per heavy atom. The summed E-state index contributed by atoms with van der Waals surface area (Å²) < 4.78 is 0. The van der Waals surface area contributed by atoms with Crippen molar-refractivity contribution in [3.8, 4) is 0 Å². The highest BCUT2D eigenvalue weighted by Crippen LogP contribution is 2.39. The molecule has 2 nitrogen and oxygen atoms in total. The van der Waals surface area contributed by atoms with Crippen LogP contribution in [0.4, 0.5) is 5.69 Å². The number of fused-ring (bicyclic) bond motifs is 1. The fraction of sp³-hybridized carbons (Fsp3) is 0.538. The van der Waals surface area contributed by atoms with Crippen molar-refractivity contribution in [1.82, 2.24) is 0 Å². The molecule has 1 aliphatic rings. The first-order valence-corrected chi connectivity index (χ1v) is 8.21. The Morgan fingerprint density at radius 3 is 3.06 bits per heavy atom. The van der Waals surface area contributed by atoms with Crippen LogP contribution in [0.2, 0.25) is 0 Å². The monoisotopic (exact) mass is 268 g/mol. The molecule has 0 saturated carbocycles. The van der Waals surface area contributed by atoms with Crippen LogP contribution in [0.25, 0.3) is 0 Å². The molecule has 0 saturated heterocycles. The van der Waals surface area contributed by atoms with E-state index in [2.05, 4.69) is 36.4 Å². The van der Waals surface area contributed by atoms with Crippen LogP contribution in [0.3, 0.4) is 0 Å². The number of nitrogens with two attached hydrogens (primary N) is 1. The van der Waals surface area contributed by atoms with Crippen LogP contribution in [-0.4, -0.2) is 31.6 Å². The normalized spacial score (nSPS) is 19.2. The number of nitrogens with zero attached hydrogens (tertiary/aromatic N) is 1. The number of hydrogen-bond acceptors (Lipinski definition) is 4. The third-order valence-corrected chi connectivity index (χ3v) is 5.18. The second kappa shape index (κ2) is 6.03. The van der Waals surface area contributed by atoms with Gasteiger partial charge in [0.25, 0.3) is 0 Å². The van der Waals surface area contributed by atoms with E-state index in [0.717, 1.165) is 13.0 Å². The van der Waals surface area contributed by atoms with E-state index in [1.54, 1.807) is 0 Å². The third-order valence-electron chi connectivity index (χ3n) is 3.27. The van der Waals surface area contributed by atoms with E-state index in [-0.39, 0.29) is 0 Å². The maximum Gasteiger partial charge on any atom is 0.0505 e. The predicted molar refractivity (Wildman–Crippen MR) is 79.4 cm³/mol. The Morgan fingerprint density at radius 1 is 1.53 bits per heavy atom. The van der Waals surface area contributed by atoms with E-state index >= 15 is 0 Å². The molecule has 17 heavy (non-hydrogen) atoms. The molecule has 0 fully saturated rings. The first-order valence-electron chi connectivity index (χ1n) is 6.00. The third kappa shape index (κ3) is 2.92. The highest BCUT2D eigenvalue weighted by Gasteiger charge is 2.23. The van der Waals surface area contributed by atoms with Crippen LogP contribution in [-0.2, 0) is 0 Å². The lowest BCUT2D eigenvalue weighted by molar-refractivity contribution is 0.599. The van der Waals surface area contributed by atoms with Gasteiger partial charge in [-0.3, -0.25) is 0 Å². The van der Waals surface area contributed by atoms with Crippen molar-refractivity contribution >= 4 is 29.2 Å². The molecule has 1 atom stereocenters. The average molecular weight is 268 g/mol. The van der Waals surface area contributed by atoms with Crippen molar-refractivity contribution in [2.45, 2.75) is 28.7 Å². The van der Waals surface area contributed by atoms with E-state index < -0.39 is 0 Å². The summed E-state index contributed by atoms with van der Waals surface area (Å²) in [5, 5.41) is 0. The number of thioether (sulfide) groups is 2. The SMILES string of the molecule is CSc1ccc2c(c1)SCC(CCCN)N2C. The number of hydrogen-bond donors (Lipinski definition) is 1. The standard InChI is InChI=1S/C13H20N2S2/c1-15-10(4-3-7-14)9-17-13-8-11(16-2)5-6-12(13)15/h5-6,8,10H,3-4,7,9,14H2,1-2H3. The van der Waals surface area contributed by atoms with Crippen molar-refractivity contribution in [3.63, 3.8) is 0 Å². The highest BCUT2D eigenvalue weighted by atomic mass is 32.2. The van der Waals surface area contributed by atoms with Crippen LogP contribution in [0.1, 0.15) is 12.8 Å². The van der Waals surface area contributed by atoms with Crippen molar-refractivity contribution < 1.29 is 0 Å². The molecule has 1 heterocycles. The molecule has 2 rings (SSSR count). The van der Waals surface area contributed by atoms with Gasteiger partial charge in [0, 0.05) is 28.6 Å². The van der Waals surface area contributed by atoms with Crippen molar-refractivity contribution in [3.05, 3.63) is 18.2 Å². The van der Waals surface area contributed by atoms with Gasteiger partial charge in [0.05, 0.1) is 5.69 Å². The molecule has 0 spiro atoms. The van der Waals surface area contributed by atoms with E-state index in [1.165, 1.54) is 27.7 Å². The fourth-order valence-electron chi connectivity index (χ4n) is 2.15. The molecule has 0 amide bonds. The highest BCUT2D eigenvalue weighted by molar-refractivity contribution is 8.00. The Kier molecular flexibility index (Phi) is 4.65. The van der Waals surface area contributed by atoms with Crippen molar-refractivity contribution in [1.29, 1.82) is 0 Å². The topological polar surface area (TPSA) is 29.3 Å². The largest absolute Gasteiger partial charge is 0.370 e. The van der Waals surface area contributed by atoms with E-state index in [4.69, 9.17) is 5.73 Å². The summed E-state index contributed by atoms with van der Waals surface area (Å²) in [6.45, 7) is 0.799. The van der Waals surface area contributed by atoms with Gasteiger partial charge >= 0.3 is 0 Å². The van der Waals surface area contributed by atoms with Gasteiger partial charge in [0.1, 0.15) is 0 Å². The Balaban J connectivity index is 2.15. The van der Waals surface area contributed by atoms with Gasteiger partial charge < -0.3 is 10.6 Å². The lowest BCUT2D eigenvalue weighted by Crippen LogP contribution is -2.37. The molecule has 0 aromatic heterocycles. The number of rotatable bonds is 4. The van der Waals surface area contributed by atoms with Crippen molar-refractivity contribution in [2.75, 3.05) is 30.5 Å². The summed E-state index contributed by atoms with van der Waals surface area (Å²) in [7, 11) is 2.21. The Labute approximate surface area is 112 Å². The van der Waals surface area contributed by atoms with Gasteiger partial charge in [-0.2, -0.15) is 0 Å². The molecule has 0 bridgehead atoms. The Bertz CT molecular complexity index is 382. The maximum atomic E-state index is 5.60. The molecular formula is C13H20N2S2. The van der Waals surface area contributed by atoms with E-state index in [1.807, 2.05) is 23.5 Å². The zero-order valence-corrected chi connectivity index (χ0v) is 12.1. The summed E-state index contributed by atoms with van der Waals surface area (Å²) in [4.78, 5) is 5.19. The lowest BCUT2D eigenvalue weighted by atomic mass is 10.1. The van der Waals surface area contributed by atoms with Gasteiger partial charge in [0.2, 0.25) is 0 Å². The first-order chi connectivity index (χ1) is 8.26. The summed E-state index contributed by atoms with van der Waals surface area (Å²) >= 11 is 3.79. The Hall–Kier alpha value is -0.320. The van der Waals surface area contributed by atoms with E-state index in [9.17, 15) is 0 Å². The second-order valence-corrected chi connectivity index (χ2v) is 6.28. The van der Waals surface area contributed by atoms with Crippen LogP contribution >= 0.6 is 23.5 Å². The maximum absolute atomic E-state index is 5.60. The average Bonchev–Trinajstić information content (AvgIpc) is 2.37. The molecule has 1 unspecified atom stereocenters. The lowest BCUT2D eigenvalue weighted by Gasteiger charge is -2.35. The predicted octanol–water partition coefficient (Wildman–Crippen LogP) is 3.06. The fourth-order valence-corrected chi connectivity index (χ4v) is 4.00. The summed E-state index contributed by atoms with van der Waals surface area (Å²) in [5.41, 5.74) is 6.97. The first kappa shape index (κ1) is 13.1. The molecule has 1 aromatic rings. The quantitative estimate of drug-likeness (QED) is 0.850. The molecule has 2 N–H and O–H groups in total. The van der Waals surface area contributed by atoms with Gasteiger partial charge in [0.15, 0.2) is 0 Å². The molecule has 4 heteroatoms. The van der Waals surface area contributed by atoms with Crippen molar-refractivity contribution in [2.24, 2.45) is 5.73 Å². The summed E-state index contributed by atoms with van der Waals surface area (Å²) in [6, 6.07) is 7.41.